The molecule has 1 amide bonds. The summed E-state index contributed by atoms with van der Waals surface area (Å²) >= 11 is 6.36. The number of halogens is 1. The maximum Gasteiger partial charge on any atom is 0.258 e. The van der Waals surface area contributed by atoms with Gasteiger partial charge in [0, 0.05) is 44.5 Å². The Morgan fingerprint density at radius 2 is 1.88 bits per heavy atom. The standard InChI is InChI=1S/C24H31ClN4O4S/c1-18-15-20(25)22(16-21(18)33-17-24(30)27-19-7-3-2-4-8-19)34(31,32)29-13-11-28(12-14-29)23-9-5-6-10-26-23/h5-6,9-10,15-16,19H,2-4,7-8,11-14,17H2,1H3,(H,27,30). The molecule has 2 heterocycles. The first-order valence-electron chi connectivity index (χ1n) is 11.7. The van der Waals surface area contributed by atoms with Crippen LogP contribution in [-0.2, 0) is 14.8 Å². The van der Waals surface area contributed by atoms with Crippen molar-refractivity contribution >= 4 is 33.3 Å². The molecule has 10 heteroatoms. The molecule has 2 aromatic rings. The number of anilines is 1. The fraction of sp³-hybridized carbons (Fsp3) is 0.500. The highest BCUT2D eigenvalue weighted by molar-refractivity contribution is 7.89. The van der Waals surface area contributed by atoms with E-state index in [9.17, 15) is 13.2 Å². The van der Waals surface area contributed by atoms with Crippen LogP contribution >= 0.6 is 11.6 Å². The van der Waals surface area contributed by atoms with Crippen molar-refractivity contribution in [2.24, 2.45) is 0 Å². The number of ether oxygens (including phenoxy) is 1. The largest absolute Gasteiger partial charge is 0.483 e. The van der Waals surface area contributed by atoms with E-state index in [1.807, 2.05) is 18.2 Å². The molecule has 2 fully saturated rings. The molecule has 1 aliphatic carbocycles. The predicted octanol–water partition coefficient (Wildman–Crippen LogP) is 3.38. The van der Waals surface area contributed by atoms with Gasteiger partial charge in [0.1, 0.15) is 16.5 Å². The summed E-state index contributed by atoms with van der Waals surface area (Å²) in [6.07, 6.45) is 7.16. The van der Waals surface area contributed by atoms with E-state index < -0.39 is 10.0 Å². The van der Waals surface area contributed by atoms with Gasteiger partial charge >= 0.3 is 0 Å². The lowest BCUT2D eigenvalue weighted by Gasteiger charge is -2.34. The van der Waals surface area contributed by atoms with E-state index in [2.05, 4.69) is 15.2 Å². The molecular weight excluding hydrogens is 476 g/mol. The average molecular weight is 507 g/mol. The molecule has 1 aliphatic heterocycles. The van der Waals surface area contributed by atoms with Crippen LogP contribution in [0.5, 0.6) is 5.75 Å². The number of rotatable bonds is 7. The van der Waals surface area contributed by atoms with Crippen molar-refractivity contribution in [1.82, 2.24) is 14.6 Å². The van der Waals surface area contributed by atoms with Crippen molar-refractivity contribution in [2.45, 2.75) is 50.0 Å². The summed E-state index contributed by atoms with van der Waals surface area (Å²) in [5.41, 5.74) is 0.675. The second kappa shape index (κ2) is 10.9. The highest BCUT2D eigenvalue weighted by Gasteiger charge is 2.31. The molecule has 1 aromatic carbocycles. The highest BCUT2D eigenvalue weighted by Crippen LogP contribution is 2.32. The van der Waals surface area contributed by atoms with Crippen molar-refractivity contribution in [3.8, 4) is 5.75 Å². The molecule has 4 rings (SSSR count). The van der Waals surface area contributed by atoms with Gasteiger partial charge in [-0.15, -0.1) is 0 Å². The molecule has 0 atom stereocenters. The van der Waals surface area contributed by atoms with Gasteiger partial charge in [0.2, 0.25) is 10.0 Å². The van der Waals surface area contributed by atoms with Gasteiger partial charge in [-0.3, -0.25) is 4.79 Å². The molecule has 1 saturated heterocycles. The minimum Gasteiger partial charge on any atom is -0.483 e. The minimum atomic E-state index is -3.83. The fourth-order valence-corrected chi connectivity index (χ4v) is 6.48. The molecule has 0 radical (unpaired) electrons. The number of hydrogen-bond donors (Lipinski definition) is 1. The highest BCUT2D eigenvalue weighted by atomic mass is 35.5. The van der Waals surface area contributed by atoms with Gasteiger partial charge in [-0.25, -0.2) is 13.4 Å². The number of aryl methyl sites for hydroxylation is 1. The van der Waals surface area contributed by atoms with Gasteiger partial charge in [-0.2, -0.15) is 4.31 Å². The Kier molecular flexibility index (Phi) is 7.95. The maximum absolute atomic E-state index is 13.4. The first kappa shape index (κ1) is 24.8. The molecule has 0 unspecified atom stereocenters. The van der Waals surface area contributed by atoms with Crippen LogP contribution in [0.3, 0.4) is 0 Å². The summed E-state index contributed by atoms with van der Waals surface area (Å²) in [4.78, 5) is 18.7. The van der Waals surface area contributed by atoms with Gasteiger partial charge in [0.25, 0.3) is 5.91 Å². The van der Waals surface area contributed by atoms with E-state index in [1.165, 1.54) is 16.8 Å². The van der Waals surface area contributed by atoms with E-state index in [1.54, 1.807) is 19.2 Å². The number of carbonyl (C=O) groups excluding carboxylic acids is 1. The van der Waals surface area contributed by atoms with Gasteiger partial charge in [-0.1, -0.05) is 36.9 Å². The number of amides is 1. The normalized spacial score (nSPS) is 18.0. The number of nitrogens with zero attached hydrogens (tertiary/aromatic N) is 3. The number of aromatic nitrogens is 1. The number of sulfonamides is 1. The van der Waals surface area contributed by atoms with Crippen LogP contribution in [0.1, 0.15) is 37.7 Å². The summed E-state index contributed by atoms with van der Waals surface area (Å²) in [6.45, 7) is 3.32. The van der Waals surface area contributed by atoms with E-state index in [0.29, 0.717) is 37.5 Å². The molecule has 34 heavy (non-hydrogen) atoms. The summed E-state index contributed by atoms with van der Waals surface area (Å²) in [6, 6.07) is 8.88. The van der Waals surface area contributed by atoms with E-state index in [-0.39, 0.29) is 28.5 Å². The van der Waals surface area contributed by atoms with Crippen LogP contribution in [0.4, 0.5) is 5.82 Å². The second-order valence-corrected chi connectivity index (χ2v) is 11.1. The van der Waals surface area contributed by atoms with E-state index >= 15 is 0 Å². The predicted molar refractivity (Wildman–Crippen MR) is 132 cm³/mol. The lowest BCUT2D eigenvalue weighted by atomic mass is 9.95. The lowest BCUT2D eigenvalue weighted by molar-refractivity contribution is -0.124. The third kappa shape index (κ3) is 5.82. The number of piperazine rings is 1. The Balaban J connectivity index is 1.41. The molecule has 184 valence electrons. The first-order chi connectivity index (χ1) is 16.3. The zero-order valence-electron chi connectivity index (χ0n) is 19.4. The Labute approximate surface area is 206 Å². The van der Waals surface area contributed by atoms with Crippen LogP contribution < -0.4 is 15.0 Å². The number of pyridine rings is 1. The monoisotopic (exact) mass is 506 g/mol. The molecule has 1 saturated carbocycles. The quantitative estimate of drug-likeness (QED) is 0.619. The van der Waals surface area contributed by atoms with Crippen LogP contribution in [0.25, 0.3) is 0 Å². The zero-order chi connectivity index (χ0) is 24.1. The number of nitrogens with one attached hydrogen (secondary N) is 1. The molecule has 8 nitrogen and oxygen atoms in total. The van der Waals surface area contributed by atoms with Crippen molar-refractivity contribution in [3.63, 3.8) is 0 Å². The van der Waals surface area contributed by atoms with Crippen molar-refractivity contribution in [3.05, 3.63) is 47.1 Å². The van der Waals surface area contributed by atoms with Crippen LogP contribution in [0.15, 0.2) is 41.4 Å². The Hall–Kier alpha value is -2.36. The van der Waals surface area contributed by atoms with Crippen molar-refractivity contribution < 1.29 is 17.9 Å². The van der Waals surface area contributed by atoms with Gasteiger partial charge in [-0.05, 0) is 43.5 Å². The van der Waals surface area contributed by atoms with Crippen molar-refractivity contribution in [1.29, 1.82) is 0 Å². The number of carbonyl (C=O) groups is 1. The molecule has 0 bridgehead atoms. The molecule has 0 spiro atoms. The second-order valence-electron chi connectivity index (χ2n) is 8.82. The third-order valence-corrected chi connectivity index (χ3v) is 8.75. The zero-order valence-corrected chi connectivity index (χ0v) is 20.9. The minimum absolute atomic E-state index is 0.00579. The van der Waals surface area contributed by atoms with Crippen LogP contribution in [-0.4, -0.2) is 62.4 Å². The Morgan fingerprint density at radius 3 is 2.56 bits per heavy atom. The summed E-state index contributed by atoms with van der Waals surface area (Å²) < 4.78 is 33.9. The third-order valence-electron chi connectivity index (χ3n) is 6.39. The van der Waals surface area contributed by atoms with Crippen LogP contribution in [0, 0.1) is 6.92 Å². The molecule has 1 N–H and O–H groups in total. The fourth-order valence-electron chi connectivity index (χ4n) is 4.48. The van der Waals surface area contributed by atoms with E-state index in [4.69, 9.17) is 16.3 Å². The molecular formula is C24H31ClN4O4S. The maximum atomic E-state index is 13.4. The average Bonchev–Trinajstić information content (AvgIpc) is 2.84. The first-order valence-corrected chi connectivity index (χ1v) is 13.5. The molecule has 1 aromatic heterocycles. The smallest absolute Gasteiger partial charge is 0.258 e. The van der Waals surface area contributed by atoms with Crippen molar-refractivity contribution in [2.75, 3.05) is 37.7 Å². The topological polar surface area (TPSA) is 91.8 Å². The SMILES string of the molecule is Cc1cc(Cl)c(S(=O)(=O)N2CCN(c3ccccn3)CC2)cc1OCC(=O)NC1CCCCC1. The molecule has 2 aliphatic rings. The van der Waals surface area contributed by atoms with Gasteiger partial charge in [0.15, 0.2) is 6.61 Å². The van der Waals surface area contributed by atoms with Gasteiger partial charge in [0.05, 0.1) is 5.02 Å². The number of hydrogen-bond acceptors (Lipinski definition) is 6. The van der Waals surface area contributed by atoms with E-state index in [0.717, 1.165) is 31.5 Å². The van der Waals surface area contributed by atoms with Gasteiger partial charge < -0.3 is 15.0 Å². The summed E-state index contributed by atoms with van der Waals surface area (Å²) in [5.74, 6) is 0.972. The summed E-state index contributed by atoms with van der Waals surface area (Å²) in [7, 11) is -3.83. The lowest BCUT2D eigenvalue weighted by Crippen LogP contribution is -2.49. The summed E-state index contributed by atoms with van der Waals surface area (Å²) in [5, 5.41) is 3.15. The Morgan fingerprint density at radius 1 is 1.15 bits per heavy atom. The Bertz CT molecular complexity index is 1100. The number of benzene rings is 1. The van der Waals surface area contributed by atoms with Crippen LogP contribution in [0.2, 0.25) is 5.02 Å².